The van der Waals surface area contributed by atoms with Gasteiger partial charge in [0, 0.05) is 12.2 Å². The van der Waals surface area contributed by atoms with Crippen molar-refractivity contribution in [3.05, 3.63) is 15.9 Å². The lowest BCUT2D eigenvalue weighted by Gasteiger charge is -2.03. The van der Waals surface area contributed by atoms with Crippen molar-refractivity contribution < 1.29 is 0 Å². The Labute approximate surface area is 93.8 Å². The molecule has 0 spiro atoms. The van der Waals surface area contributed by atoms with Crippen molar-refractivity contribution in [2.75, 3.05) is 6.54 Å². The summed E-state index contributed by atoms with van der Waals surface area (Å²) in [7, 11) is 0. The molecule has 2 N–H and O–H groups in total. The van der Waals surface area contributed by atoms with Crippen LogP contribution in [0.4, 0.5) is 0 Å². The number of hydrogen-bond acceptors (Lipinski definition) is 2. The molecule has 0 amide bonds. The van der Waals surface area contributed by atoms with Crippen LogP contribution in [0.2, 0.25) is 0 Å². The van der Waals surface area contributed by atoms with Crippen molar-refractivity contribution in [2.45, 2.75) is 39.7 Å². The second kappa shape index (κ2) is 5.51. The van der Waals surface area contributed by atoms with Crippen molar-refractivity contribution in [3.8, 4) is 0 Å². The van der Waals surface area contributed by atoms with Crippen molar-refractivity contribution in [1.29, 1.82) is 0 Å². The molecule has 1 aromatic rings. The van der Waals surface area contributed by atoms with Crippen LogP contribution in [0.5, 0.6) is 0 Å². The van der Waals surface area contributed by atoms with Crippen LogP contribution in [0.15, 0.2) is 4.47 Å². The Hall–Kier alpha value is -0.350. The zero-order valence-electron chi connectivity index (χ0n) is 8.89. The Morgan fingerprint density at radius 2 is 2.00 bits per heavy atom. The van der Waals surface area contributed by atoms with Crippen LogP contribution in [0.1, 0.15) is 30.7 Å². The van der Waals surface area contributed by atoms with Gasteiger partial charge in [-0.2, -0.15) is 5.10 Å². The third-order valence-corrected chi connectivity index (χ3v) is 3.51. The van der Waals surface area contributed by atoms with E-state index < -0.39 is 0 Å². The fraction of sp³-hybridized carbons (Fsp3) is 0.700. The third kappa shape index (κ3) is 2.82. The molecule has 1 aromatic heterocycles. The monoisotopic (exact) mass is 259 g/mol. The molecule has 0 aliphatic heterocycles. The zero-order chi connectivity index (χ0) is 10.6. The highest BCUT2D eigenvalue weighted by Gasteiger charge is 2.07. The molecule has 0 fully saturated rings. The molecule has 0 bridgehead atoms. The first-order valence-electron chi connectivity index (χ1n) is 5.06. The standard InChI is InChI=1S/C10H18BrN3/c1-8-10(11)9(2)14(13-8)7-5-3-4-6-12/h3-7,12H2,1-2H3. The average molecular weight is 260 g/mol. The quantitative estimate of drug-likeness (QED) is 0.826. The summed E-state index contributed by atoms with van der Waals surface area (Å²) in [5, 5.41) is 4.45. The maximum absolute atomic E-state index is 5.44. The first kappa shape index (κ1) is 11.7. The first-order valence-corrected chi connectivity index (χ1v) is 5.85. The maximum Gasteiger partial charge on any atom is 0.0738 e. The molecule has 0 unspecified atom stereocenters. The van der Waals surface area contributed by atoms with Gasteiger partial charge in [-0.1, -0.05) is 6.42 Å². The molecule has 0 saturated carbocycles. The Bertz CT molecular complexity index is 294. The summed E-state index contributed by atoms with van der Waals surface area (Å²) in [5.41, 5.74) is 7.72. The number of halogens is 1. The highest BCUT2D eigenvalue weighted by atomic mass is 79.9. The minimum atomic E-state index is 0.792. The SMILES string of the molecule is Cc1nn(CCCCCN)c(C)c1Br. The minimum absolute atomic E-state index is 0.792. The van der Waals surface area contributed by atoms with E-state index in [-0.39, 0.29) is 0 Å². The molecule has 4 heteroatoms. The van der Waals surface area contributed by atoms with Gasteiger partial charge >= 0.3 is 0 Å². The summed E-state index contributed by atoms with van der Waals surface area (Å²) >= 11 is 3.52. The molecule has 0 aromatic carbocycles. The van der Waals surface area contributed by atoms with E-state index in [9.17, 15) is 0 Å². The average Bonchev–Trinajstić information content (AvgIpc) is 2.41. The number of hydrogen-bond donors (Lipinski definition) is 1. The molecule has 3 nitrogen and oxygen atoms in total. The van der Waals surface area contributed by atoms with Crippen molar-refractivity contribution in [1.82, 2.24) is 9.78 Å². The van der Waals surface area contributed by atoms with E-state index >= 15 is 0 Å². The summed E-state index contributed by atoms with van der Waals surface area (Å²) < 4.78 is 3.20. The molecular weight excluding hydrogens is 242 g/mol. The van der Waals surface area contributed by atoms with Gasteiger partial charge in [0.05, 0.1) is 10.2 Å². The van der Waals surface area contributed by atoms with Gasteiger partial charge in [-0.15, -0.1) is 0 Å². The van der Waals surface area contributed by atoms with Gasteiger partial charge in [-0.05, 0) is 49.2 Å². The molecule has 0 atom stereocenters. The van der Waals surface area contributed by atoms with Crippen LogP contribution >= 0.6 is 15.9 Å². The molecule has 14 heavy (non-hydrogen) atoms. The lowest BCUT2D eigenvalue weighted by Crippen LogP contribution is -2.04. The predicted molar refractivity (Wildman–Crippen MR) is 62.3 cm³/mol. The van der Waals surface area contributed by atoms with Gasteiger partial charge in [0.2, 0.25) is 0 Å². The smallest absolute Gasteiger partial charge is 0.0738 e. The van der Waals surface area contributed by atoms with Crippen LogP contribution in [0.25, 0.3) is 0 Å². The summed E-state index contributed by atoms with van der Waals surface area (Å²) in [6.45, 7) is 5.90. The largest absolute Gasteiger partial charge is 0.330 e. The highest BCUT2D eigenvalue weighted by Crippen LogP contribution is 2.19. The van der Waals surface area contributed by atoms with Gasteiger partial charge in [0.1, 0.15) is 0 Å². The van der Waals surface area contributed by atoms with E-state index in [2.05, 4.69) is 32.6 Å². The van der Waals surface area contributed by atoms with Crippen molar-refractivity contribution in [2.24, 2.45) is 5.73 Å². The Balaban J connectivity index is 2.47. The molecule has 0 radical (unpaired) electrons. The molecule has 0 aliphatic carbocycles. The number of nitrogens with zero attached hydrogens (tertiary/aromatic N) is 2. The number of aromatic nitrogens is 2. The Morgan fingerprint density at radius 1 is 1.29 bits per heavy atom. The zero-order valence-corrected chi connectivity index (χ0v) is 10.5. The predicted octanol–water partition coefficient (Wildman–Crippen LogP) is 2.39. The van der Waals surface area contributed by atoms with E-state index in [1.54, 1.807) is 0 Å². The molecule has 0 saturated heterocycles. The molecular formula is C10H18BrN3. The van der Waals surface area contributed by atoms with Crippen molar-refractivity contribution >= 4 is 15.9 Å². The summed E-state index contributed by atoms with van der Waals surface area (Å²) in [5.74, 6) is 0. The Kier molecular flexibility index (Phi) is 4.62. The topological polar surface area (TPSA) is 43.8 Å². The number of unbranched alkanes of at least 4 members (excludes halogenated alkanes) is 2. The lowest BCUT2D eigenvalue weighted by molar-refractivity contribution is 0.534. The molecule has 1 heterocycles. The second-order valence-electron chi connectivity index (χ2n) is 3.56. The summed E-state index contributed by atoms with van der Waals surface area (Å²) in [6.07, 6.45) is 3.46. The fourth-order valence-electron chi connectivity index (χ4n) is 1.48. The van der Waals surface area contributed by atoms with Crippen molar-refractivity contribution in [3.63, 3.8) is 0 Å². The molecule has 80 valence electrons. The van der Waals surface area contributed by atoms with Gasteiger partial charge in [-0.3, -0.25) is 4.68 Å². The van der Waals surface area contributed by atoms with E-state index in [4.69, 9.17) is 5.73 Å². The normalized spacial score (nSPS) is 10.9. The van der Waals surface area contributed by atoms with Crippen LogP contribution in [-0.2, 0) is 6.54 Å². The second-order valence-corrected chi connectivity index (χ2v) is 4.35. The van der Waals surface area contributed by atoms with Gasteiger partial charge < -0.3 is 5.73 Å². The van der Waals surface area contributed by atoms with E-state index in [0.717, 1.165) is 36.1 Å². The van der Waals surface area contributed by atoms with E-state index in [1.807, 2.05) is 6.92 Å². The summed E-state index contributed by atoms with van der Waals surface area (Å²) in [4.78, 5) is 0. The van der Waals surface area contributed by atoms with Gasteiger partial charge in [0.25, 0.3) is 0 Å². The van der Waals surface area contributed by atoms with Gasteiger partial charge in [0.15, 0.2) is 0 Å². The van der Waals surface area contributed by atoms with Crippen LogP contribution in [0, 0.1) is 13.8 Å². The lowest BCUT2D eigenvalue weighted by atomic mass is 10.2. The first-order chi connectivity index (χ1) is 6.66. The van der Waals surface area contributed by atoms with Gasteiger partial charge in [-0.25, -0.2) is 0 Å². The maximum atomic E-state index is 5.44. The minimum Gasteiger partial charge on any atom is -0.330 e. The van der Waals surface area contributed by atoms with Crippen LogP contribution in [-0.4, -0.2) is 16.3 Å². The molecule has 1 rings (SSSR count). The fourth-order valence-corrected chi connectivity index (χ4v) is 1.76. The van der Waals surface area contributed by atoms with E-state index in [1.165, 1.54) is 12.1 Å². The third-order valence-electron chi connectivity index (χ3n) is 2.37. The van der Waals surface area contributed by atoms with Crippen LogP contribution in [0.3, 0.4) is 0 Å². The summed E-state index contributed by atoms with van der Waals surface area (Å²) in [6, 6.07) is 0. The highest BCUT2D eigenvalue weighted by molar-refractivity contribution is 9.10. The van der Waals surface area contributed by atoms with E-state index in [0.29, 0.717) is 0 Å². The number of rotatable bonds is 5. The number of aryl methyl sites for hydroxylation is 2. The van der Waals surface area contributed by atoms with Crippen LogP contribution < -0.4 is 5.73 Å². The molecule has 0 aliphatic rings. The Morgan fingerprint density at radius 3 is 2.50 bits per heavy atom. The number of nitrogens with two attached hydrogens (primary N) is 1.